The van der Waals surface area contributed by atoms with Gasteiger partial charge in [0.15, 0.2) is 5.49 Å². The largest absolute Gasteiger partial charge is 0.480 e. The summed E-state index contributed by atoms with van der Waals surface area (Å²) in [7, 11) is 1.72. The lowest BCUT2D eigenvalue weighted by Crippen LogP contribution is -2.46. The minimum Gasteiger partial charge on any atom is -0.480 e. The number of carboxylic acid groups (broad SMARTS) is 1. The maximum Gasteiger partial charge on any atom is 0.323 e. The molecule has 9 nitrogen and oxygen atoms in total. The number of anilines is 2. The van der Waals surface area contributed by atoms with E-state index in [1.807, 2.05) is 42.5 Å². The van der Waals surface area contributed by atoms with Crippen molar-refractivity contribution in [3.63, 3.8) is 0 Å². The molecule has 0 fully saturated rings. The maximum absolute atomic E-state index is 13.3. The number of aliphatic hydroxyl groups excluding tert-OH is 1. The summed E-state index contributed by atoms with van der Waals surface area (Å²) in [4.78, 5) is 39.1. The van der Waals surface area contributed by atoms with E-state index in [9.17, 15) is 19.5 Å². The minimum absolute atomic E-state index is 0.0168. The third-order valence-electron chi connectivity index (χ3n) is 6.14. The number of benzene rings is 2. The number of aromatic nitrogens is 1. The molecule has 2 aromatic carbocycles. The van der Waals surface area contributed by atoms with E-state index in [4.69, 9.17) is 5.11 Å². The number of hydrogen-bond donors (Lipinski definition) is 2. The maximum atomic E-state index is 13.3. The summed E-state index contributed by atoms with van der Waals surface area (Å²) in [5.74, 6) is -1.22. The van der Waals surface area contributed by atoms with Crippen LogP contribution in [0.1, 0.15) is 21.5 Å². The lowest BCUT2D eigenvalue weighted by Gasteiger charge is -2.16. The van der Waals surface area contributed by atoms with Gasteiger partial charge in [-0.2, -0.15) is 5.01 Å². The number of aliphatic carboxylic acids is 1. The van der Waals surface area contributed by atoms with Crippen LogP contribution in [0, 0.1) is 6.92 Å². The molecule has 0 saturated heterocycles. The predicted molar refractivity (Wildman–Crippen MR) is 147 cm³/mol. The molecule has 0 bridgehead atoms. The van der Waals surface area contributed by atoms with Crippen molar-refractivity contribution < 1.29 is 19.8 Å². The Hall–Kier alpha value is -4.76. The number of aliphatic hydroxyl groups is 1. The SMILES string of the molecule is Cc1c2c(n(CCO)c(=O)/c1=C\C=CC=Cc1ccc(N(C)CC(=O)O)cc1)=NN(c1ccccc1)C2=O. The first kappa shape index (κ1) is 26.3. The summed E-state index contributed by atoms with van der Waals surface area (Å²) in [6.45, 7) is 1.39. The number of nitrogens with zero attached hydrogens (tertiary/aromatic N) is 4. The molecule has 0 atom stereocenters. The van der Waals surface area contributed by atoms with E-state index < -0.39 is 5.97 Å². The van der Waals surface area contributed by atoms with E-state index >= 15 is 0 Å². The van der Waals surface area contributed by atoms with Crippen molar-refractivity contribution in [1.82, 2.24) is 4.57 Å². The fourth-order valence-electron chi connectivity index (χ4n) is 4.21. The van der Waals surface area contributed by atoms with E-state index in [-0.39, 0.29) is 36.7 Å². The van der Waals surface area contributed by atoms with Gasteiger partial charge in [0.05, 0.1) is 24.4 Å². The summed E-state index contributed by atoms with van der Waals surface area (Å²) in [5.41, 5.74) is 3.09. The topological polar surface area (TPSA) is 115 Å². The second-order valence-corrected chi connectivity index (χ2v) is 8.72. The summed E-state index contributed by atoms with van der Waals surface area (Å²) >= 11 is 0. The number of carbonyl (C=O) groups is 2. The number of carboxylic acids is 1. The van der Waals surface area contributed by atoms with Crippen LogP contribution >= 0.6 is 0 Å². The van der Waals surface area contributed by atoms with Crippen molar-refractivity contribution >= 4 is 35.4 Å². The van der Waals surface area contributed by atoms with Crippen LogP contribution in [0.25, 0.3) is 12.2 Å². The van der Waals surface area contributed by atoms with Gasteiger partial charge in [0.25, 0.3) is 11.5 Å². The van der Waals surface area contributed by atoms with E-state index in [1.54, 1.807) is 61.4 Å². The average Bonchev–Trinajstić information content (AvgIpc) is 3.25. The summed E-state index contributed by atoms with van der Waals surface area (Å²) in [5, 5.41) is 24.5. The van der Waals surface area contributed by atoms with Gasteiger partial charge in [-0.05, 0) is 48.4 Å². The third kappa shape index (κ3) is 5.47. The van der Waals surface area contributed by atoms with Crippen molar-refractivity contribution in [2.75, 3.05) is 30.1 Å². The molecule has 2 heterocycles. The minimum atomic E-state index is -0.896. The quantitative estimate of drug-likeness (QED) is 0.424. The van der Waals surface area contributed by atoms with Crippen LogP contribution in [0.2, 0.25) is 0 Å². The first-order valence-corrected chi connectivity index (χ1v) is 12.0. The van der Waals surface area contributed by atoms with Crippen LogP contribution in [-0.2, 0) is 11.3 Å². The van der Waals surface area contributed by atoms with Crippen molar-refractivity contribution in [3.05, 3.63) is 111 Å². The van der Waals surface area contributed by atoms with E-state index in [0.29, 0.717) is 22.0 Å². The van der Waals surface area contributed by atoms with Gasteiger partial charge in [-0.1, -0.05) is 54.6 Å². The molecule has 9 heteroatoms. The Morgan fingerprint density at radius 3 is 2.39 bits per heavy atom. The smallest absolute Gasteiger partial charge is 0.323 e. The Morgan fingerprint density at radius 1 is 1.03 bits per heavy atom. The van der Waals surface area contributed by atoms with Crippen LogP contribution in [0.5, 0.6) is 0 Å². The fraction of sp³-hybridized carbons (Fsp3) is 0.172. The van der Waals surface area contributed by atoms with Crippen LogP contribution in [0.15, 0.2) is 82.7 Å². The molecular weight excluding hydrogens is 484 g/mol. The van der Waals surface area contributed by atoms with Crippen LogP contribution in [0.3, 0.4) is 0 Å². The highest BCUT2D eigenvalue weighted by atomic mass is 16.4. The molecule has 0 spiro atoms. The molecule has 0 aliphatic carbocycles. The van der Waals surface area contributed by atoms with Crippen molar-refractivity contribution in [1.29, 1.82) is 0 Å². The van der Waals surface area contributed by atoms with Gasteiger partial charge >= 0.3 is 5.97 Å². The van der Waals surface area contributed by atoms with Gasteiger partial charge < -0.3 is 15.1 Å². The molecule has 38 heavy (non-hydrogen) atoms. The average molecular weight is 513 g/mol. The number of rotatable bonds is 9. The summed E-state index contributed by atoms with van der Waals surface area (Å²) < 4.78 is 1.33. The first-order valence-electron chi connectivity index (χ1n) is 12.0. The number of likely N-dealkylation sites (N-methyl/N-ethyl adjacent to an activating group) is 1. The number of carbonyl (C=O) groups excluding carboxylic acids is 1. The molecule has 1 aromatic heterocycles. The molecule has 194 valence electrons. The Balaban J connectivity index is 1.61. The zero-order valence-corrected chi connectivity index (χ0v) is 21.1. The van der Waals surface area contributed by atoms with Gasteiger partial charge in [-0.15, -0.1) is 5.10 Å². The Kier molecular flexibility index (Phi) is 7.98. The van der Waals surface area contributed by atoms with Crippen LogP contribution < -0.4 is 26.2 Å². The lowest BCUT2D eigenvalue weighted by atomic mass is 10.1. The molecule has 1 aliphatic heterocycles. The number of amides is 1. The predicted octanol–water partition coefficient (Wildman–Crippen LogP) is 1.91. The summed E-state index contributed by atoms with van der Waals surface area (Å²) in [6.07, 6.45) is 8.84. The van der Waals surface area contributed by atoms with Crippen LogP contribution in [-0.4, -0.2) is 46.9 Å². The molecule has 0 unspecified atom stereocenters. The molecular formula is C29H28N4O5. The number of hydrogen-bond acceptors (Lipinski definition) is 6. The zero-order valence-electron chi connectivity index (χ0n) is 21.1. The molecule has 3 aromatic rings. The van der Waals surface area contributed by atoms with Gasteiger partial charge in [-0.3, -0.25) is 19.0 Å². The second kappa shape index (κ2) is 11.5. The number of pyridine rings is 1. The molecule has 1 aliphatic rings. The Bertz CT molecular complexity index is 1590. The number of para-hydroxylation sites is 1. The molecule has 0 radical (unpaired) electrons. The summed E-state index contributed by atoms with van der Waals surface area (Å²) in [6, 6.07) is 16.4. The standard InChI is InChI=1S/C29H28N4O5/c1-20-24(12-8-3-5-9-21-13-15-22(16-14-21)31(2)19-25(35)36)28(37)32(17-18-34)27-26(20)29(38)33(30-27)23-10-6-4-7-11-23/h3-16,34H,17-19H2,1-2H3,(H,35,36)/b8-3?,9-5?,24-12-. The molecule has 1 amide bonds. The van der Waals surface area contributed by atoms with Crippen molar-refractivity contribution in [2.45, 2.75) is 13.5 Å². The molecule has 2 N–H and O–H groups in total. The second-order valence-electron chi connectivity index (χ2n) is 8.72. The van der Waals surface area contributed by atoms with Crippen molar-refractivity contribution in [2.24, 2.45) is 5.10 Å². The van der Waals surface area contributed by atoms with Gasteiger partial charge in [0.1, 0.15) is 6.54 Å². The Morgan fingerprint density at radius 2 is 1.74 bits per heavy atom. The third-order valence-corrected chi connectivity index (χ3v) is 6.14. The zero-order chi connectivity index (χ0) is 27.2. The number of allylic oxidation sites excluding steroid dienone is 3. The molecule has 4 rings (SSSR count). The van der Waals surface area contributed by atoms with Gasteiger partial charge in [0, 0.05) is 18.0 Å². The monoisotopic (exact) mass is 512 g/mol. The lowest BCUT2D eigenvalue weighted by molar-refractivity contribution is -0.135. The number of fused-ring (bicyclic) bond motifs is 1. The fourth-order valence-corrected chi connectivity index (χ4v) is 4.21. The highest BCUT2D eigenvalue weighted by Gasteiger charge is 2.30. The highest BCUT2D eigenvalue weighted by Crippen LogP contribution is 2.19. The highest BCUT2D eigenvalue weighted by molar-refractivity contribution is 6.07. The van der Waals surface area contributed by atoms with E-state index in [0.717, 1.165) is 11.3 Å². The van der Waals surface area contributed by atoms with Gasteiger partial charge in [-0.25, -0.2) is 0 Å². The van der Waals surface area contributed by atoms with Crippen LogP contribution in [0.4, 0.5) is 11.4 Å². The Labute approximate surface area is 219 Å². The first-order chi connectivity index (χ1) is 18.3. The van der Waals surface area contributed by atoms with Gasteiger partial charge in [0.2, 0.25) is 0 Å². The van der Waals surface area contributed by atoms with E-state index in [2.05, 4.69) is 5.10 Å². The van der Waals surface area contributed by atoms with Crippen molar-refractivity contribution in [3.8, 4) is 0 Å². The molecule has 0 saturated carbocycles. The normalized spacial score (nSPS) is 13.4. The van der Waals surface area contributed by atoms with E-state index in [1.165, 1.54) is 9.58 Å².